The molecule has 1 saturated carbocycles. The lowest BCUT2D eigenvalue weighted by molar-refractivity contribution is -0.137. The van der Waals surface area contributed by atoms with E-state index in [1.807, 2.05) is 44.3 Å². The average molecular weight is 637 g/mol. The third-order valence-electron chi connectivity index (χ3n) is 9.12. The maximum Gasteiger partial charge on any atom is 0.243 e. The van der Waals surface area contributed by atoms with Crippen LogP contribution in [-0.2, 0) is 20.8 Å². The van der Waals surface area contributed by atoms with Gasteiger partial charge in [0.2, 0.25) is 17.7 Å². The van der Waals surface area contributed by atoms with Gasteiger partial charge in [-0.1, -0.05) is 69.4 Å². The first-order valence-electron chi connectivity index (χ1n) is 16.9. The van der Waals surface area contributed by atoms with Crippen molar-refractivity contribution in [1.29, 1.82) is 0 Å². The van der Waals surface area contributed by atoms with E-state index in [0.717, 1.165) is 37.8 Å². The number of nitrogens with zero attached hydrogens (tertiary/aromatic N) is 2. The Balaban J connectivity index is 2.20. The number of aliphatic hydroxyl groups is 2. The van der Waals surface area contributed by atoms with Gasteiger partial charge in [-0.05, 0) is 50.8 Å². The molecule has 0 saturated heterocycles. The number of benzene rings is 1. The minimum atomic E-state index is -1.20. The second kappa shape index (κ2) is 21.4. The third-order valence-corrected chi connectivity index (χ3v) is 9.12. The largest absolute Gasteiger partial charge is 0.390 e. The molecule has 46 heavy (non-hydrogen) atoms. The third kappa shape index (κ3) is 14.0. The van der Waals surface area contributed by atoms with Crippen LogP contribution in [-0.4, -0.2) is 95.8 Å². The lowest BCUT2D eigenvalue weighted by Gasteiger charge is -2.33. The van der Waals surface area contributed by atoms with Crippen LogP contribution in [0.3, 0.4) is 0 Å². The van der Waals surface area contributed by atoms with Crippen LogP contribution in [0.2, 0.25) is 0 Å². The molecule has 0 bridgehead atoms. The first-order valence-corrected chi connectivity index (χ1v) is 16.9. The molecule has 5 atom stereocenters. The van der Waals surface area contributed by atoms with Crippen molar-refractivity contribution in [2.45, 2.75) is 108 Å². The molecule has 9 nitrogen and oxygen atoms in total. The zero-order valence-electron chi connectivity index (χ0n) is 28.1. The summed E-state index contributed by atoms with van der Waals surface area (Å²) < 4.78 is 0. The number of terminal acetylenes is 2. The van der Waals surface area contributed by atoms with Crippen LogP contribution < -0.4 is 10.6 Å². The predicted octanol–water partition coefficient (Wildman–Crippen LogP) is 3.13. The number of hydrogen-bond donors (Lipinski definition) is 4. The lowest BCUT2D eigenvalue weighted by Crippen LogP contribution is -2.56. The number of likely N-dealkylation sites (N-methyl/N-ethyl adjacent to an activating group) is 2. The van der Waals surface area contributed by atoms with Crippen LogP contribution in [0.4, 0.5) is 0 Å². The fraction of sp³-hybridized carbons (Fsp3) is 0.649. The molecule has 0 spiro atoms. The second-order valence-electron chi connectivity index (χ2n) is 12.8. The molecule has 1 aromatic rings. The Bertz CT molecular complexity index is 1140. The van der Waals surface area contributed by atoms with Gasteiger partial charge in [0.1, 0.15) is 6.04 Å². The molecule has 1 aliphatic rings. The van der Waals surface area contributed by atoms with Crippen molar-refractivity contribution in [3.8, 4) is 24.7 Å². The SMILES string of the molecule is C#CCCC[C@H](O)[C@H](O)[C@H](CC1CCCCC1)NC(=O)[C@H](CC#C)NC(=O)[C@@H](CC(=O)N(C)CCN(C)CC)Cc1ccccc1. The van der Waals surface area contributed by atoms with Crippen LogP contribution in [0.1, 0.15) is 83.1 Å². The fourth-order valence-corrected chi connectivity index (χ4v) is 5.94. The van der Waals surface area contributed by atoms with E-state index < -0.39 is 42.0 Å². The first kappa shape index (κ1) is 38.8. The number of aliphatic hydroxyl groups excluding tert-OH is 2. The zero-order valence-corrected chi connectivity index (χ0v) is 28.1. The van der Waals surface area contributed by atoms with Crippen LogP contribution in [0.25, 0.3) is 0 Å². The van der Waals surface area contributed by atoms with E-state index in [9.17, 15) is 24.6 Å². The molecular weight excluding hydrogens is 580 g/mol. The summed E-state index contributed by atoms with van der Waals surface area (Å²) in [5.74, 6) is 3.50. The van der Waals surface area contributed by atoms with Crippen LogP contribution in [0.5, 0.6) is 0 Å². The molecule has 3 amide bonds. The molecule has 9 heteroatoms. The molecule has 1 fully saturated rings. The Labute approximate surface area is 276 Å². The van der Waals surface area contributed by atoms with E-state index in [2.05, 4.69) is 27.4 Å². The van der Waals surface area contributed by atoms with Gasteiger partial charge in [-0.15, -0.1) is 24.7 Å². The van der Waals surface area contributed by atoms with Crippen LogP contribution in [0, 0.1) is 36.5 Å². The van der Waals surface area contributed by atoms with Crippen molar-refractivity contribution in [2.75, 3.05) is 33.7 Å². The Morgan fingerprint density at radius 3 is 2.30 bits per heavy atom. The Morgan fingerprint density at radius 2 is 1.67 bits per heavy atom. The van der Waals surface area contributed by atoms with Crippen molar-refractivity contribution in [2.24, 2.45) is 11.8 Å². The number of rotatable bonds is 20. The number of nitrogens with one attached hydrogen (secondary N) is 2. The number of hydrogen-bond acceptors (Lipinski definition) is 6. The van der Waals surface area contributed by atoms with Crippen LogP contribution in [0.15, 0.2) is 30.3 Å². The molecule has 0 aliphatic heterocycles. The molecule has 0 aromatic heterocycles. The minimum absolute atomic E-state index is 0.0235. The van der Waals surface area contributed by atoms with Gasteiger partial charge in [-0.3, -0.25) is 14.4 Å². The molecule has 1 aliphatic carbocycles. The number of amides is 3. The topological polar surface area (TPSA) is 122 Å². The maximum atomic E-state index is 13.8. The smallest absolute Gasteiger partial charge is 0.243 e. The fourth-order valence-electron chi connectivity index (χ4n) is 5.94. The van der Waals surface area contributed by atoms with Crippen molar-refractivity contribution in [1.82, 2.24) is 20.4 Å². The van der Waals surface area contributed by atoms with Crippen molar-refractivity contribution >= 4 is 17.7 Å². The summed E-state index contributed by atoms with van der Waals surface area (Å²) in [4.78, 5) is 44.4. The summed E-state index contributed by atoms with van der Waals surface area (Å²) in [5.41, 5.74) is 0.899. The van der Waals surface area contributed by atoms with Gasteiger partial charge >= 0.3 is 0 Å². The number of carbonyl (C=O) groups is 3. The summed E-state index contributed by atoms with van der Waals surface area (Å²) in [6, 6.07) is 7.68. The average Bonchev–Trinajstić information content (AvgIpc) is 3.06. The van der Waals surface area contributed by atoms with Gasteiger partial charge in [0.15, 0.2) is 0 Å². The standard InChI is InChI=1S/C37H56N4O5/c1-6-9-12-22-33(42)35(44)32(26-29-20-15-11-16-21-29)39-37(46)31(17-7-2)38-36(45)30(25-28-18-13-10-14-19-28)27-34(43)41(5)24-23-40(4)8-3/h1-2,10,13-14,18-19,29-33,35,42,44H,8-9,11-12,15-17,20-27H2,3-5H3,(H,38,45)(H,39,46)/t30-,31+,32+,33+,35-/m1/s1. The van der Waals surface area contributed by atoms with Crippen molar-refractivity contribution < 1.29 is 24.6 Å². The number of unbranched alkanes of at least 4 members (excludes halogenated alkanes) is 1. The Kier molecular flexibility index (Phi) is 18.1. The summed E-state index contributed by atoms with van der Waals surface area (Å²) in [6.45, 7) is 4.16. The molecule has 4 N–H and O–H groups in total. The van der Waals surface area contributed by atoms with E-state index in [-0.39, 0.29) is 18.7 Å². The van der Waals surface area contributed by atoms with Gasteiger partial charge in [-0.2, -0.15) is 0 Å². The predicted molar refractivity (Wildman–Crippen MR) is 182 cm³/mol. The van der Waals surface area contributed by atoms with Crippen molar-refractivity contribution in [3.05, 3.63) is 35.9 Å². The van der Waals surface area contributed by atoms with E-state index in [1.165, 1.54) is 6.42 Å². The molecule has 0 radical (unpaired) electrons. The highest BCUT2D eigenvalue weighted by Gasteiger charge is 2.34. The molecule has 2 rings (SSSR count). The molecule has 0 heterocycles. The Hall–Kier alpha value is -3.37. The van der Waals surface area contributed by atoms with Gasteiger partial charge in [0, 0.05) is 39.4 Å². The highest BCUT2D eigenvalue weighted by Crippen LogP contribution is 2.29. The monoisotopic (exact) mass is 636 g/mol. The second-order valence-corrected chi connectivity index (χ2v) is 12.8. The van der Waals surface area contributed by atoms with Gasteiger partial charge in [0.25, 0.3) is 0 Å². The van der Waals surface area contributed by atoms with E-state index in [1.54, 1.807) is 11.9 Å². The van der Waals surface area contributed by atoms with Gasteiger partial charge in [0.05, 0.1) is 24.2 Å². The number of carbonyl (C=O) groups excluding carboxylic acids is 3. The molecule has 0 unspecified atom stereocenters. The highest BCUT2D eigenvalue weighted by atomic mass is 16.3. The summed E-state index contributed by atoms with van der Waals surface area (Å²) in [6.07, 6.45) is 16.2. The lowest BCUT2D eigenvalue weighted by atomic mass is 9.82. The highest BCUT2D eigenvalue weighted by molar-refractivity contribution is 5.91. The summed E-state index contributed by atoms with van der Waals surface area (Å²) >= 11 is 0. The Morgan fingerprint density at radius 1 is 0.978 bits per heavy atom. The molecule has 1 aromatic carbocycles. The van der Waals surface area contributed by atoms with Gasteiger partial charge in [-0.25, -0.2) is 0 Å². The summed E-state index contributed by atoms with van der Waals surface area (Å²) in [5, 5.41) is 27.7. The van der Waals surface area contributed by atoms with Crippen molar-refractivity contribution in [3.63, 3.8) is 0 Å². The van der Waals surface area contributed by atoms with E-state index in [0.29, 0.717) is 51.1 Å². The van der Waals surface area contributed by atoms with Gasteiger partial charge < -0.3 is 30.6 Å². The zero-order chi connectivity index (χ0) is 33.9. The normalized spacial score (nSPS) is 16.7. The quantitative estimate of drug-likeness (QED) is 0.129. The molecule has 254 valence electrons. The molecular formula is C37H56N4O5. The minimum Gasteiger partial charge on any atom is -0.390 e. The maximum absolute atomic E-state index is 13.8. The van der Waals surface area contributed by atoms with Crippen LogP contribution >= 0.6 is 0 Å². The first-order chi connectivity index (χ1) is 22.1. The van der Waals surface area contributed by atoms with E-state index in [4.69, 9.17) is 12.8 Å². The van der Waals surface area contributed by atoms with E-state index >= 15 is 0 Å². The summed E-state index contributed by atoms with van der Waals surface area (Å²) in [7, 11) is 3.72.